The molecule has 1 amide bonds. The molecule has 1 fully saturated rings. The summed E-state index contributed by atoms with van der Waals surface area (Å²) in [5.41, 5.74) is 2.78. The topological polar surface area (TPSA) is 47.6 Å². The summed E-state index contributed by atoms with van der Waals surface area (Å²) < 4.78 is 26.3. The number of carbonyl (C=O) groups is 1. The van der Waals surface area contributed by atoms with E-state index in [2.05, 4.69) is 5.32 Å². The van der Waals surface area contributed by atoms with Gasteiger partial charge in [-0.3, -0.25) is 4.79 Å². The number of benzene rings is 3. The van der Waals surface area contributed by atoms with Gasteiger partial charge in [0.2, 0.25) is 5.91 Å². The summed E-state index contributed by atoms with van der Waals surface area (Å²) in [6, 6.07) is 22.5. The fourth-order valence-corrected chi connectivity index (χ4v) is 4.30. The average Bonchev–Trinajstić information content (AvgIpc) is 2.82. The van der Waals surface area contributed by atoms with Gasteiger partial charge in [-0.1, -0.05) is 36.4 Å². The molecule has 0 heterocycles. The quantitative estimate of drug-likeness (QED) is 0.465. The minimum atomic E-state index is -0.275. The Morgan fingerprint density at radius 1 is 0.879 bits per heavy atom. The lowest BCUT2D eigenvalue weighted by molar-refractivity contribution is -0.118. The van der Waals surface area contributed by atoms with Crippen LogP contribution in [-0.4, -0.2) is 24.7 Å². The van der Waals surface area contributed by atoms with Crippen LogP contribution in [-0.2, 0) is 11.2 Å². The van der Waals surface area contributed by atoms with Crippen LogP contribution < -0.4 is 14.8 Å². The molecule has 5 heteroatoms. The molecule has 1 N–H and O–H groups in total. The van der Waals surface area contributed by atoms with Crippen molar-refractivity contribution < 1.29 is 18.7 Å². The highest BCUT2D eigenvalue weighted by Gasteiger charge is 2.24. The molecular weight excluding hydrogens is 417 g/mol. The third-order valence-electron chi connectivity index (χ3n) is 5.96. The molecule has 0 radical (unpaired) electrons. The Balaban J connectivity index is 1.42. The number of nitrogens with one attached hydrogen (secondary N) is 1. The van der Waals surface area contributed by atoms with Crippen LogP contribution in [0.5, 0.6) is 11.5 Å². The van der Waals surface area contributed by atoms with Crippen LogP contribution in [0.1, 0.15) is 38.2 Å². The summed E-state index contributed by atoms with van der Waals surface area (Å²) in [4.78, 5) is 11.2. The second-order valence-corrected chi connectivity index (χ2v) is 8.51. The third-order valence-corrected chi connectivity index (χ3v) is 5.96. The molecule has 0 aliphatic heterocycles. The molecule has 0 aromatic heterocycles. The highest BCUT2D eigenvalue weighted by molar-refractivity contribution is 5.73. The Labute approximate surface area is 194 Å². The summed E-state index contributed by atoms with van der Waals surface area (Å²) in [5, 5.41) is 2.83. The van der Waals surface area contributed by atoms with Gasteiger partial charge in [0, 0.05) is 13.5 Å². The molecule has 0 unspecified atom stereocenters. The molecule has 172 valence electrons. The van der Waals surface area contributed by atoms with Crippen LogP contribution in [0.4, 0.5) is 4.39 Å². The highest BCUT2D eigenvalue weighted by Crippen LogP contribution is 2.32. The lowest BCUT2D eigenvalue weighted by atomic mass is 9.94. The number of hydrogen-bond acceptors (Lipinski definition) is 3. The predicted octanol–water partition coefficient (Wildman–Crippen LogP) is 5.94. The number of amides is 1. The van der Waals surface area contributed by atoms with Gasteiger partial charge in [0.1, 0.15) is 17.3 Å². The highest BCUT2D eigenvalue weighted by atomic mass is 19.1. The maximum Gasteiger partial charge on any atom is 0.216 e. The molecule has 1 aliphatic carbocycles. The van der Waals surface area contributed by atoms with Crippen molar-refractivity contribution >= 4 is 5.91 Å². The average molecular weight is 448 g/mol. The Morgan fingerprint density at radius 2 is 1.58 bits per heavy atom. The normalized spacial score (nSPS) is 17.9. The predicted molar refractivity (Wildman–Crippen MR) is 128 cm³/mol. The molecular formula is C28H30FNO3. The second-order valence-electron chi connectivity index (χ2n) is 8.51. The van der Waals surface area contributed by atoms with E-state index in [4.69, 9.17) is 9.47 Å². The SMILES string of the molecule is CC(=O)NCCc1ccc(OC2CCC(Oc3ccccc3)CC2)cc1-c1cccc(F)c1. The maximum atomic E-state index is 13.9. The van der Waals surface area contributed by atoms with Gasteiger partial charge >= 0.3 is 0 Å². The van der Waals surface area contributed by atoms with Crippen molar-refractivity contribution in [3.63, 3.8) is 0 Å². The Kier molecular flexibility index (Phi) is 7.61. The van der Waals surface area contributed by atoms with Crippen molar-refractivity contribution in [1.82, 2.24) is 5.32 Å². The molecule has 0 atom stereocenters. The molecule has 0 saturated heterocycles. The lowest BCUT2D eigenvalue weighted by Gasteiger charge is -2.29. The van der Waals surface area contributed by atoms with Gasteiger partial charge in [-0.2, -0.15) is 0 Å². The minimum Gasteiger partial charge on any atom is -0.490 e. The first-order chi connectivity index (χ1) is 16.1. The fourth-order valence-electron chi connectivity index (χ4n) is 4.30. The molecule has 0 bridgehead atoms. The number of carbonyl (C=O) groups excluding carboxylic acids is 1. The van der Waals surface area contributed by atoms with Gasteiger partial charge in [-0.15, -0.1) is 0 Å². The molecule has 3 aromatic carbocycles. The molecule has 33 heavy (non-hydrogen) atoms. The largest absolute Gasteiger partial charge is 0.490 e. The van der Waals surface area contributed by atoms with E-state index in [1.807, 2.05) is 54.6 Å². The van der Waals surface area contributed by atoms with E-state index in [9.17, 15) is 9.18 Å². The lowest BCUT2D eigenvalue weighted by Crippen LogP contribution is -2.30. The summed E-state index contributed by atoms with van der Waals surface area (Å²) in [5.74, 6) is 1.36. The number of hydrogen-bond donors (Lipinski definition) is 1. The molecule has 4 nitrogen and oxygen atoms in total. The number of para-hydroxylation sites is 1. The Hall–Kier alpha value is -3.34. The van der Waals surface area contributed by atoms with Crippen LogP contribution in [0.25, 0.3) is 11.1 Å². The van der Waals surface area contributed by atoms with Crippen molar-refractivity contribution in [2.75, 3.05) is 6.54 Å². The first kappa shape index (κ1) is 22.8. The smallest absolute Gasteiger partial charge is 0.216 e. The van der Waals surface area contributed by atoms with E-state index in [0.29, 0.717) is 13.0 Å². The number of rotatable bonds is 8. The summed E-state index contributed by atoms with van der Waals surface area (Å²) in [6.07, 6.45) is 4.76. The first-order valence-electron chi connectivity index (χ1n) is 11.6. The monoisotopic (exact) mass is 447 g/mol. The zero-order valence-corrected chi connectivity index (χ0v) is 18.9. The molecule has 3 aromatic rings. The van der Waals surface area contributed by atoms with Crippen molar-refractivity contribution in [3.05, 3.63) is 84.2 Å². The van der Waals surface area contributed by atoms with Gasteiger partial charge < -0.3 is 14.8 Å². The van der Waals surface area contributed by atoms with Crippen molar-refractivity contribution in [1.29, 1.82) is 0 Å². The molecule has 1 saturated carbocycles. The number of ether oxygens (including phenoxy) is 2. The van der Waals surface area contributed by atoms with Gasteiger partial charge in [0.15, 0.2) is 0 Å². The summed E-state index contributed by atoms with van der Waals surface area (Å²) in [6.45, 7) is 2.04. The van der Waals surface area contributed by atoms with Crippen molar-refractivity contribution in [3.8, 4) is 22.6 Å². The van der Waals surface area contributed by atoms with E-state index >= 15 is 0 Å². The van der Waals surface area contributed by atoms with E-state index in [1.54, 1.807) is 6.07 Å². The summed E-state index contributed by atoms with van der Waals surface area (Å²) in [7, 11) is 0. The van der Waals surface area contributed by atoms with Crippen LogP contribution in [0.2, 0.25) is 0 Å². The van der Waals surface area contributed by atoms with Crippen LogP contribution in [0.15, 0.2) is 72.8 Å². The zero-order valence-electron chi connectivity index (χ0n) is 18.9. The molecule has 4 rings (SSSR count). The molecule has 1 aliphatic rings. The van der Waals surface area contributed by atoms with Crippen molar-refractivity contribution in [2.24, 2.45) is 0 Å². The van der Waals surface area contributed by atoms with Gasteiger partial charge in [0.05, 0.1) is 12.2 Å². The zero-order chi connectivity index (χ0) is 23.0. The van der Waals surface area contributed by atoms with E-state index in [1.165, 1.54) is 19.1 Å². The van der Waals surface area contributed by atoms with E-state index in [-0.39, 0.29) is 23.9 Å². The summed E-state index contributed by atoms with van der Waals surface area (Å²) >= 11 is 0. The Bertz CT molecular complexity index is 1060. The van der Waals surface area contributed by atoms with Crippen LogP contribution in [0, 0.1) is 5.82 Å². The van der Waals surface area contributed by atoms with Gasteiger partial charge in [0.25, 0.3) is 0 Å². The van der Waals surface area contributed by atoms with Crippen LogP contribution >= 0.6 is 0 Å². The third kappa shape index (κ3) is 6.58. The second kappa shape index (κ2) is 11.0. The van der Waals surface area contributed by atoms with E-state index in [0.717, 1.165) is 53.9 Å². The van der Waals surface area contributed by atoms with Gasteiger partial charge in [-0.25, -0.2) is 4.39 Å². The van der Waals surface area contributed by atoms with Crippen molar-refractivity contribution in [2.45, 2.75) is 51.2 Å². The Morgan fingerprint density at radius 3 is 2.24 bits per heavy atom. The first-order valence-corrected chi connectivity index (χ1v) is 11.6. The number of halogens is 1. The van der Waals surface area contributed by atoms with Gasteiger partial charge in [-0.05, 0) is 85.2 Å². The minimum absolute atomic E-state index is 0.0610. The standard InChI is InChI=1S/C28H30FNO3/c1-20(31)30-17-16-21-10-11-27(19-28(21)22-6-5-7-23(29)18-22)33-26-14-12-25(13-15-26)32-24-8-3-2-4-9-24/h2-11,18-19,25-26H,12-17H2,1H3,(H,30,31). The fraction of sp³-hybridized carbons (Fsp3) is 0.321. The van der Waals surface area contributed by atoms with E-state index < -0.39 is 0 Å². The maximum absolute atomic E-state index is 13.9. The van der Waals surface area contributed by atoms with Crippen LogP contribution in [0.3, 0.4) is 0 Å². The molecule has 0 spiro atoms.